The van der Waals surface area contributed by atoms with Gasteiger partial charge in [0.2, 0.25) is 0 Å². The van der Waals surface area contributed by atoms with Crippen LogP contribution in [0.3, 0.4) is 0 Å². The Morgan fingerprint density at radius 3 is 1.44 bits per heavy atom. The van der Waals surface area contributed by atoms with Gasteiger partial charge in [-0.1, -0.05) is 168 Å². The fourth-order valence-corrected chi connectivity index (χ4v) is 7.14. The first kappa shape index (κ1) is 48.7. The molecule has 4 aromatic carbocycles. The summed E-state index contributed by atoms with van der Waals surface area (Å²) in [6, 6.07) is 43.4. The van der Waals surface area contributed by atoms with Crippen LogP contribution in [0.25, 0.3) is 33.5 Å². The minimum absolute atomic E-state index is 0.130. The molecule has 8 rings (SSSR count). The minimum atomic E-state index is 0.130. The number of thiazole rings is 1. The van der Waals surface area contributed by atoms with E-state index in [-0.39, 0.29) is 21.7 Å². The second kappa shape index (κ2) is 21.9. The van der Waals surface area contributed by atoms with Gasteiger partial charge in [0.25, 0.3) is 0 Å². The number of aromatic nitrogens is 5. The molecule has 7 heteroatoms. The predicted octanol–water partition coefficient (Wildman–Crippen LogP) is 15.8. The Balaban J connectivity index is 0.000000161. The summed E-state index contributed by atoms with van der Waals surface area (Å²) in [7, 11) is 0. The number of rotatable bonds is 5. The summed E-state index contributed by atoms with van der Waals surface area (Å²) >= 11 is 1.71. The Hall–Kier alpha value is -6.31. The average Bonchev–Trinajstić information content (AvgIpc) is 3.80. The van der Waals surface area contributed by atoms with E-state index in [2.05, 4.69) is 180 Å². The van der Waals surface area contributed by atoms with Crippen LogP contribution in [0.5, 0.6) is 11.5 Å². The quantitative estimate of drug-likeness (QED) is 0.172. The summed E-state index contributed by atoms with van der Waals surface area (Å²) in [5, 5.41) is 3.26. The number of ether oxygens (including phenoxy) is 1. The molecule has 0 atom stereocenters. The second-order valence-electron chi connectivity index (χ2n) is 19.7. The van der Waals surface area contributed by atoms with Crippen molar-refractivity contribution in [1.29, 1.82) is 0 Å². The van der Waals surface area contributed by atoms with Gasteiger partial charge in [-0.25, -0.2) is 15.0 Å². The van der Waals surface area contributed by atoms with Crippen LogP contribution in [0.4, 0.5) is 0 Å². The monoisotopic (exact) mass is 867 g/mol. The van der Waals surface area contributed by atoms with E-state index in [1.54, 1.807) is 30.1 Å². The molecule has 0 bridgehead atoms. The molecule has 0 spiro atoms. The molecule has 0 unspecified atom stereocenters. The zero-order chi connectivity index (χ0) is 46.4. The van der Waals surface area contributed by atoms with Gasteiger partial charge in [0, 0.05) is 59.1 Å². The van der Waals surface area contributed by atoms with Gasteiger partial charge in [-0.05, 0) is 92.1 Å². The lowest BCUT2D eigenvalue weighted by molar-refractivity contribution is 0.478. The van der Waals surface area contributed by atoms with Gasteiger partial charge in [0.15, 0.2) is 0 Å². The Labute approximate surface area is 387 Å². The van der Waals surface area contributed by atoms with E-state index < -0.39 is 0 Å². The van der Waals surface area contributed by atoms with Crippen LogP contribution in [0.15, 0.2) is 176 Å². The maximum absolute atomic E-state index is 5.81. The summed E-state index contributed by atoms with van der Waals surface area (Å²) in [6.07, 6.45) is 12.6. The fraction of sp³-hybridized carbons (Fsp3) is 0.281. The first-order chi connectivity index (χ1) is 30.3. The predicted molar refractivity (Wildman–Crippen MR) is 270 cm³/mol. The molecular formula is C57H65N5OS. The van der Waals surface area contributed by atoms with Gasteiger partial charge >= 0.3 is 0 Å². The van der Waals surface area contributed by atoms with Crippen molar-refractivity contribution in [2.75, 3.05) is 0 Å². The van der Waals surface area contributed by atoms with Gasteiger partial charge in [-0.3, -0.25) is 9.97 Å². The van der Waals surface area contributed by atoms with Crippen molar-refractivity contribution >= 4 is 11.3 Å². The standard InChI is InChI=1S/C16H18O.C15H17N.C14H16N2.C12H14N2S/c1-16(2,3)13-8-7-11-15(12-13)17-14-9-5-4-6-10-14;1-15(2,3)14-8-6-12(7-9-14)13-5-4-10-16-11-13;1-14(2,3)13-6-4-5-11(7-13)12-8-15-10-16-9-12;1-12(2,3)11-14-10(8-15-11)9-5-4-6-13-7-9/h4-12H,1-3H3;4-11H,1-3H3;4-10H,1-3H3;4-8H,1-3H3. The van der Waals surface area contributed by atoms with Gasteiger partial charge in [0.1, 0.15) is 17.8 Å². The SMILES string of the molecule is CC(C)(C)c1ccc(-c2cccnc2)cc1.CC(C)(C)c1cccc(-c2cncnc2)c1.CC(C)(C)c1cccc(Oc2ccccc2)c1.CC(C)(C)c1nc(-c2cccnc2)cs1. The third-order valence-electron chi connectivity index (χ3n) is 10.2. The normalized spacial score (nSPS) is 11.4. The van der Waals surface area contributed by atoms with Crippen molar-refractivity contribution in [1.82, 2.24) is 24.9 Å². The highest BCUT2D eigenvalue weighted by atomic mass is 32.1. The van der Waals surface area contributed by atoms with Gasteiger partial charge in [-0.15, -0.1) is 11.3 Å². The van der Waals surface area contributed by atoms with E-state index in [1.165, 1.54) is 38.4 Å². The second-order valence-corrected chi connectivity index (χ2v) is 20.6. The number of hydrogen-bond acceptors (Lipinski definition) is 7. The van der Waals surface area contributed by atoms with Gasteiger partial charge < -0.3 is 4.74 Å². The van der Waals surface area contributed by atoms with Gasteiger partial charge in [-0.2, -0.15) is 0 Å². The molecule has 0 aliphatic rings. The maximum atomic E-state index is 5.81. The van der Waals surface area contributed by atoms with E-state index in [0.29, 0.717) is 0 Å². The molecule has 0 aliphatic heterocycles. The Morgan fingerprint density at radius 2 is 0.906 bits per heavy atom. The van der Waals surface area contributed by atoms with Crippen LogP contribution in [-0.4, -0.2) is 24.9 Å². The number of pyridine rings is 2. The molecule has 0 radical (unpaired) electrons. The molecule has 4 aromatic heterocycles. The summed E-state index contributed by atoms with van der Waals surface area (Å²) in [5.74, 6) is 1.77. The molecule has 330 valence electrons. The summed E-state index contributed by atoms with van der Waals surface area (Å²) in [6.45, 7) is 26.5. The molecule has 0 saturated heterocycles. The minimum Gasteiger partial charge on any atom is -0.457 e. The van der Waals surface area contributed by atoms with Crippen LogP contribution in [0.1, 0.15) is 105 Å². The lowest BCUT2D eigenvalue weighted by atomic mass is 9.86. The summed E-state index contributed by atoms with van der Waals surface area (Å²) < 4.78 is 5.81. The van der Waals surface area contributed by atoms with Crippen LogP contribution < -0.4 is 4.74 Å². The third kappa shape index (κ3) is 15.2. The highest BCUT2D eigenvalue weighted by Crippen LogP contribution is 2.31. The van der Waals surface area contributed by atoms with Crippen molar-refractivity contribution in [3.05, 3.63) is 198 Å². The number of para-hydroxylation sites is 1. The number of nitrogens with zero attached hydrogens (tertiary/aromatic N) is 5. The zero-order valence-corrected chi connectivity index (χ0v) is 40.6. The lowest BCUT2D eigenvalue weighted by Crippen LogP contribution is -2.10. The number of hydrogen-bond donors (Lipinski definition) is 0. The van der Waals surface area contributed by atoms with Crippen LogP contribution in [0.2, 0.25) is 0 Å². The molecule has 64 heavy (non-hydrogen) atoms. The Bertz CT molecular complexity index is 2580. The first-order valence-electron chi connectivity index (χ1n) is 21.8. The largest absolute Gasteiger partial charge is 0.457 e. The average molecular weight is 868 g/mol. The van der Waals surface area contributed by atoms with Crippen LogP contribution in [-0.2, 0) is 21.7 Å². The molecule has 0 aliphatic carbocycles. The van der Waals surface area contributed by atoms with Crippen molar-refractivity contribution < 1.29 is 4.74 Å². The van der Waals surface area contributed by atoms with Crippen molar-refractivity contribution in [3.8, 4) is 45.0 Å². The molecule has 0 fully saturated rings. The zero-order valence-electron chi connectivity index (χ0n) is 39.8. The maximum Gasteiger partial charge on any atom is 0.127 e. The van der Waals surface area contributed by atoms with E-state index in [9.17, 15) is 0 Å². The van der Waals surface area contributed by atoms with E-state index in [1.807, 2.05) is 85.5 Å². The Kier molecular flexibility index (Phi) is 16.6. The van der Waals surface area contributed by atoms with Crippen molar-refractivity contribution in [2.45, 2.75) is 105 Å². The van der Waals surface area contributed by atoms with E-state index >= 15 is 0 Å². The van der Waals surface area contributed by atoms with E-state index in [0.717, 1.165) is 28.3 Å². The van der Waals surface area contributed by atoms with E-state index in [4.69, 9.17) is 4.74 Å². The van der Waals surface area contributed by atoms with Crippen LogP contribution >= 0.6 is 11.3 Å². The Morgan fingerprint density at radius 1 is 0.391 bits per heavy atom. The highest BCUT2D eigenvalue weighted by molar-refractivity contribution is 7.10. The highest BCUT2D eigenvalue weighted by Gasteiger charge is 2.19. The van der Waals surface area contributed by atoms with Crippen molar-refractivity contribution in [3.63, 3.8) is 0 Å². The number of benzene rings is 4. The molecule has 0 N–H and O–H groups in total. The molecule has 6 nitrogen and oxygen atoms in total. The smallest absolute Gasteiger partial charge is 0.127 e. The topological polar surface area (TPSA) is 73.7 Å². The molecule has 4 heterocycles. The third-order valence-corrected chi connectivity index (χ3v) is 11.4. The van der Waals surface area contributed by atoms with Crippen LogP contribution in [0, 0.1) is 0 Å². The summed E-state index contributed by atoms with van der Waals surface area (Å²) in [4.78, 5) is 20.9. The summed E-state index contributed by atoms with van der Waals surface area (Å²) in [5.41, 5.74) is 11.4. The fourth-order valence-electron chi connectivity index (χ4n) is 6.23. The molecule has 0 saturated carbocycles. The van der Waals surface area contributed by atoms with Gasteiger partial charge in [0.05, 0.1) is 10.7 Å². The molecular weight excluding hydrogens is 803 g/mol. The molecule has 8 aromatic rings. The molecule has 0 amide bonds. The lowest BCUT2D eigenvalue weighted by Gasteiger charge is -2.19. The van der Waals surface area contributed by atoms with Crippen molar-refractivity contribution in [2.24, 2.45) is 0 Å². The first-order valence-corrected chi connectivity index (χ1v) is 22.7.